The van der Waals surface area contributed by atoms with E-state index in [9.17, 15) is 9.50 Å². The van der Waals surface area contributed by atoms with E-state index in [1.807, 2.05) is 48.8 Å². The first-order valence-corrected chi connectivity index (χ1v) is 28.1. The summed E-state index contributed by atoms with van der Waals surface area (Å²) in [7, 11) is 0. The first-order valence-electron chi connectivity index (χ1n) is 28.1. The van der Waals surface area contributed by atoms with Gasteiger partial charge < -0.3 is 13.9 Å². The van der Waals surface area contributed by atoms with Crippen LogP contribution < -0.4 is 0 Å². The number of hydrogen-bond acceptors (Lipinski definition) is 6. The molecule has 0 aliphatic carbocycles. The van der Waals surface area contributed by atoms with Crippen molar-refractivity contribution in [1.82, 2.24) is 15.0 Å². The van der Waals surface area contributed by atoms with E-state index < -0.39 is 0 Å². The van der Waals surface area contributed by atoms with Gasteiger partial charge in [0, 0.05) is 76.9 Å². The summed E-state index contributed by atoms with van der Waals surface area (Å²) in [5.41, 5.74) is 18.7. The average molecular weight is 1270 g/mol. The molecule has 417 valence electrons. The Kier molecular flexibility index (Phi) is 16.5. The standard InChI is InChI=1S/C40H35N2O2.C35H31FNO.Ir/c1-39(2,3)33-23-28-16-18-41-35(37(28)43-33)31-20-30(27-14-12-26(13-15-27)25-10-8-7-9-11-25)21-32(22-31)36-38-29(17-19-42-36)24-34(44-38)40(4,5)6;1-22(2)30-18-26(24-10-6-5-7-11-24)19-31(23(3)4)35(30)27-20-32(25-14-16-28(36)17-15-25)37-33(21-27)29-12-8-9-13-34(29)38;/h7-21,23-24H,1-6H3;5-14,16-23,38H,1-4H3;/q2*-1;. The van der Waals surface area contributed by atoms with Crippen LogP contribution in [0.4, 0.5) is 4.39 Å². The van der Waals surface area contributed by atoms with Gasteiger partial charge in [-0.25, -0.2) is 0 Å². The van der Waals surface area contributed by atoms with E-state index in [0.717, 1.165) is 72.7 Å². The molecule has 6 nitrogen and oxygen atoms in total. The summed E-state index contributed by atoms with van der Waals surface area (Å²) in [6.45, 7) is 21.8. The van der Waals surface area contributed by atoms with Crippen LogP contribution in [0.15, 0.2) is 209 Å². The average Bonchev–Trinajstić information content (AvgIpc) is 4.30. The molecule has 0 saturated heterocycles. The van der Waals surface area contributed by atoms with E-state index in [-0.39, 0.29) is 54.3 Å². The normalized spacial score (nSPS) is 11.7. The van der Waals surface area contributed by atoms with Crippen molar-refractivity contribution in [3.63, 3.8) is 0 Å². The summed E-state index contributed by atoms with van der Waals surface area (Å²) in [4.78, 5) is 14.5. The molecule has 0 atom stereocenters. The molecular formula is C75H66FIrN3O3-2. The molecule has 0 aliphatic heterocycles. The fraction of sp³-hybridized carbons (Fsp3) is 0.187. The fourth-order valence-electron chi connectivity index (χ4n) is 10.5. The number of halogens is 1. The van der Waals surface area contributed by atoms with E-state index >= 15 is 0 Å². The zero-order valence-electron chi connectivity index (χ0n) is 48.5. The van der Waals surface area contributed by atoms with E-state index in [4.69, 9.17) is 23.8 Å². The van der Waals surface area contributed by atoms with Crippen LogP contribution in [0.1, 0.15) is 104 Å². The Morgan fingerprint density at radius 3 is 1.41 bits per heavy atom. The van der Waals surface area contributed by atoms with Crippen molar-refractivity contribution in [3.05, 3.63) is 241 Å². The van der Waals surface area contributed by atoms with E-state index in [2.05, 4.69) is 203 Å². The van der Waals surface area contributed by atoms with Crippen LogP contribution >= 0.6 is 0 Å². The second kappa shape index (κ2) is 23.7. The minimum absolute atomic E-state index is 0. The Morgan fingerprint density at radius 2 is 0.928 bits per heavy atom. The molecule has 0 saturated carbocycles. The van der Waals surface area contributed by atoms with Crippen molar-refractivity contribution in [1.29, 1.82) is 0 Å². The van der Waals surface area contributed by atoms with Gasteiger partial charge in [-0.15, -0.1) is 48.0 Å². The molecular weight excluding hydrogens is 1200 g/mol. The molecule has 12 rings (SSSR count). The van der Waals surface area contributed by atoms with E-state index in [1.54, 1.807) is 18.2 Å². The third-order valence-corrected chi connectivity index (χ3v) is 14.9. The van der Waals surface area contributed by atoms with Gasteiger partial charge in [0.1, 0.15) is 28.4 Å². The van der Waals surface area contributed by atoms with Gasteiger partial charge in [0.2, 0.25) is 0 Å². The Bertz CT molecular complexity index is 4110. The second-order valence-electron chi connectivity index (χ2n) is 23.8. The topological polar surface area (TPSA) is 85.2 Å². The largest absolute Gasteiger partial charge is 0.507 e. The molecule has 0 aliphatic rings. The second-order valence-corrected chi connectivity index (χ2v) is 23.8. The predicted molar refractivity (Wildman–Crippen MR) is 334 cm³/mol. The summed E-state index contributed by atoms with van der Waals surface area (Å²) >= 11 is 0. The molecule has 1 radical (unpaired) electrons. The van der Waals surface area contributed by atoms with Crippen LogP contribution in [-0.2, 0) is 30.9 Å². The molecule has 8 heteroatoms. The SMILES string of the molecule is CC(C)(C)c1cc2ccnc(-c3[c-]c(-c4nccc5cc(C(C)(C)C)oc45)cc(-c4ccc(-c5ccccc5)cc4)c3)c2o1.CC(C)c1cc(-c2ccccc2)cc(C(C)C)c1-c1cc(-c2[c-]cc(F)cc2)nc(-c2ccccc2O)c1.[Ir]. The maximum absolute atomic E-state index is 13.7. The van der Waals surface area contributed by atoms with Crippen molar-refractivity contribution < 1.29 is 38.4 Å². The molecule has 0 bridgehead atoms. The number of fused-ring (bicyclic) bond motifs is 2. The van der Waals surface area contributed by atoms with Crippen molar-refractivity contribution >= 4 is 21.9 Å². The van der Waals surface area contributed by atoms with Crippen LogP contribution in [0, 0.1) is 17.9 Å². The quantitative estimate of drug-likeness (QED) is 0.137. The van der Waals surface area contributed by atoms with Crippen molar-refractivity contribution in [2.24, 2.45) is 0 Å². The fourth-order valence-corrected chi connectivity index (χ4v) is 10.5. The van der Waals surface area contributed by atoms with Gasteiger partial charge >= 0.3 is 0 Å². The van der Waals surface area contributed by atoms with Gasteiger partial charge in [-0.05, 0) is 110 Å². The minimum atomic E-state index is -0.341. The summed E-state index contributed by atoms with van der Waals surface area (Å²) in [5, 5.41) is 12.7. The molecule has 0 unspecified atom stereocenters. The third-order valence-electron chi connectivity index (χ3n) is 14.9. The number of para-hydroxylation sites is 1. The summed E-state index contributed by atoms with van der Waals surface area (Å²) in [6.07, 6.45) is 3.69. The molecule has 12 aromatic rings. The Labute approximate surface area is 500 Å². The van der Waals surface area contributed by atoms with Gasteiger partial charge in [-0.3, -0.25) is 19.3 Å². The smallest absolute Gasteiger partial charge is 0.127 e. The van der Waals surface area contributed by atoms with Gasteiger partial charge in [-0.1, -0.05) is 201 Å². The number of nitrogens with zero attached hydrogens (tertiary/aromatic N) is 3. The number of aromatic hydroxyl groups is 1. The molecule has 0 amide bonds. The molecule has 5 aromatic heterocycles. The Morgan fingerprint density at radius 1 is 0.470 bits per heavy atom. The maximum atomic E-state index is 13.7. The van der Waals surface area contributed by atoms with Gasteiger partial charge in [0.25, 0.3) is 0 Å². The molecule has 0 fully saturated rings. The number of phenolic OH excluding ortho intramolecular Hbond substituents is 1. The third kappa shape index (κ3) is 12.3. The number of rotatable bonds is 10. The summed E-state index contributed by atoms with van der Waals surface area (Å²) < 4.78 is 26.7. The predicted octanol–water partition coefficient (Wildman–Crippen LogP) is 20.7. The van der Waals surface area contributed by atoms with Gasteiger partial charge in [0.15, 0.2) is 0 Å². The number of phenols is 1. The van der Waals surface area contributed by atoms with Crippen LogP contribution in [0.3, 0.4) is 0 Å². The first kappa shape index (κ1) is 57.7. The van der Waals surface area contributed by atoms with Crippen LogP contribution in [-0.4, -0.2) is 20.1 Å². The molecule has 7 aromatic carbocycles. The van der Waals surface area contributed by atoms with Crippen molar-refractivity contribution in [2.75, 3.05) is 0 Å². The number of pyridine rings is 3. The van der Waals surface area contributed by atoms with Crippen LogP contribution in [0.2, 0.25) is 0 Å². The zero-order chi connectivity index (χ0) is 57.5. The number of hydrogen-bond donors (Lipinski definition) is 1. The van der Waals surface area contributed by atoms with Crippen molar-refractivity contribution in [3.8, 4) is 95.3 Å². The van der Waals surface area contributed by atoms with Gasteiger partial charge in [0.05, 0.1) is 5.69 Å². The molecule has 83 heavy (non-hydrogen) atoms. The first-order chi connectivity index (χ1) is 39.4. The number of aromatic nitrogens is 3. The minimum Gasteiger partial charge on any atom is -0.507 e. The van der Waals surface area contributed by atoms with Crippen molar-refractivity contribution in [2.45, 2.75) is 91.9 Å². The molecule has 5 heterocycles. The Hall–Kier alpha value is -8.55. The van der Waals surface area contributed by atoms with Crippen LogP contribution in [0.5, 0.6) is 5.75 Å². The molecule has 0 spiro atoms. The zero-order valence-corrected chi connectivity index (χ0v) is 50.9. The van der Waals surface area contributed by atoms with Crippen LogP contribution in [0.25, 0.3) is 111 Å². The summed E-state index contributed by atoms with van der Waals surface area (Å²) in [6, 6.07) is 69.2. The van der Waals surface area contributed by atoms with E-state index in [1.165, 1.54) is 51.1 Å². The molecule has 1 N–H and O–H groups in total. The van der Waals surface area contributed by atoms with E-state index in [0.29, 0.717) is 22.5 Å². The number of furan rings is 2. The maximum Gasteiger partial charge on any atom is 0.127 e. The van der Waals surface area contributed by atoms with Gasteiger partial charge in [-0.2, -0.15) is 0 Å². The monoisotopic (exact) mass is 1270 g/mol. The Balaban J connectivity index is 0.000000185. The number of benzene rings is 7. The summed E-state index contributed by atoms with van der Waals surface area (Å²) in [5.74, 6) is 2.21.